The maximum absolute atomic E-state index is 13.5. The van der Waals surface area contributed by atoms with Crippen molar-refractivity contribution in [1.29, 1.82) is 0 Å². The molecule has 2 aromatic carbocycles. The summed E-state index contributed by atoms with van der Waals surface area (Å²) in [5, 5.41) is 13.9. The largest absolute Gasteiger partial charge is 0.369 e. The van der Waals surface area contributed by atoms with Gasteiger partial charge in [-0.25, -0.2) is 9.07 Å². The predicted octanol–water partition coefficient (Wildman–Crippen LogP) is 3.99. The van der Waals surface area contributed by atoms with Gasteiger partial charge < -0.3 is 9.88 Å². The van der Waals surface area contributed by atoms with Crippen molar-refractivity contribution in [3.8, 4) is 0 Å². The molecule has 1 aliphatic carbocycles. The van der Waals surface area contributed by atoms with Gasteiger partial charge in [-0.05, 0) is 77.5 Å². The van der Waals surface area contributed by atoms with E-state index < -0.39 is 0 Å². The van der Waals surface area contributed by atoms with Crippen LogP contribution in [0.15, 0.2) is 53.3 Å². The lowest BCUT2D eigenvalue weighted by atomic mass is 10.0. The quantitative estimate of drug-likeness (QED) is 0.458. The van der Waals surface area contributed by atoms with Crippen LogP contribution in [-0.4, -0.2) is 56.3 Å². The van der Waals surface area contributed by atoms with Crippen molar-refractivity contribution in [2.24, 2.45) is 0 Å². The lowest BCUT2D eigenvalue weighted by Gasteiger charge is -2.39. The van der Waals surface area contributed by atoms with Gasteiger partial charge >= 0.3 is 0 Å². The molecule has 1 saturated heterocycles. The zero-order valence-corrected chi connectivity index (χ0v) is 20.4. The number of aromatic nitrogens is 5. The first-order chi connectivity index (χ1) is 17.6. The molecule has 8 nitrogen and oxygen atoms in total. The van der Waals surface area contributed by atoms with Crippen LogP contribution in [0.25, 0.3) is 10.9 Å². The molecule has 1 aliphatic heterocycles. The van der Waals surface area contributed by atoms with Crippen LogP contribution in [0.4, 0.5) is 10.1 Å². The van der Waals surface area contributed by atoms with Gasteiger partial charge in [0.2, 0.25) is 0 Å². The lowest BCUT2D eigenvalue weighted by Crippen LogP contribution is -2.49. The third-order valence-electron chi connectivity index (χ3n) is 7.63. The Kier molecular flexibility index (Phi) is 6.00. The summed E-state index contributed by atoms with van der Waals surface area (Å²) in [4.78, 5) is 21.1. The normalized spacial score (nSPS) is 18.2. The fraction of sp³-hybridized carbons (Fsp3) is 0.407. The third kappa shape index (κ3) is 4.28. The van der Waals surface area contributed by atoms with Crippen LogP contribution in [0.1, 0.15) is 54.7 Å². The van der Waals surface area contributed by atoms with Crippen LogP contribution in [0.5, 0.6) is 0 Å². The molecule has 0 unspecified atom stereocenters. The van der Waals surface area contributed by atoms with E-state index in [0.29, 0.717) is 5.56 Å². The Morgan fingerprint density at radius 1 is 1.00 bits per heavy atom. The number of rotatable bonds is 5. The van der Waals surface area contributed by atoms with Crippen molar-refractivity contribution in [3.63, 3.8) is 0 Å². The van der Waals surface area contributed by atoms with Crippen LogP contribution in [0.2, 0.25) is 0 Å². The number of nitrogens with one attached hydrogen (secondary N) is 1. The maximum atomic E-state index is 13.5. The number of hydrogen-bond donors (Lipinski definition) is 1. The van der Waals surface area contributed by atoms with Crippen molar-refractivity contribution in [1.82, 2.24) is 30.1 Å². The molecule has 9 heteroatoms. The Morgan fingerprint density at radius 3 is 2.50 bits per heavy atom. The summed E-state index contributed by atoms with van der Waals surface area (Å²) >= 11 is 0. The van der Waals surface area contributed by atoms with Crippen molar-refractivity contribution in [2.75, 3.05) is 31.1 Å². The van der Waals surface area contributed by atoms with Crippen LogP contribution >= 0.6 is 0 Å². The highest BCUT2D eigenvalue weighted by Crippen LogP contribution is 2.34. The van der Waals surface area contributed by atoms with E-state index in [2.05, 4.69) is 36.4 Å². The number of pyridine rings is 1. The molecule has 2 fully saturated rings. The van der Waals surface area contributed by atoms with E-state index in [1.54, 1.807) is 0 Å². The zero-order valence-electron chi connectivity index (χ0n) is 20.4. The van der Waals surface area contributed by atoms with E-state index in [0.717, 1.165) is 67.0 Å². The standard InChI is InChI=1S/C27H30FN7O/c1-18-6-7-19-17-23(27(36)29-24(19)16-18)25(26-30-31-32-35(26)22-4-2-3-5-22)34-14-12-33(13-15-34)21-10-8-20(28)9-11-21/h6-11,16-17,22,25H,2-5,12-15H2,1H3,(H,29,36)/t25-/m0/s1. The molecular formula is C27H30FN7O. The topological polar surface area (TPSA) is 82.9 Å². The average Bonchev–Trinajstić information content (AvgIpc) is 3.58. The third-order valence-corrected chi connectivity index (χ3v) is 7.63. The van der Waals surface area contributed by atoms with E-state index >= 15 is 0 Å². The summed E-state index contributed by atoms with van der Waals surface area (Å²) in [5.41, 5.74) is 3.49. The molecule has 3 heterocycles. The second-order valence-electron chi connectivity index (χ2n) is 9.97. The fourth-order valence-electron chi connectivity index (χ4n) is 5.71. The summed E-state index contributed by atoms with van der Waals surface area (Å²) in [6.45, 7) is 5.00. The summed E-state index contributed by atoms with van der Waals surface area (Å²) in [6.07, 6.45) is 4.44. The number of nitrogens with zero attached hydrogens (tertiary/aromatic N) is 6. The Morgan fingerprint density at radius 2 is 1.75 bits per heavy atom. The smallest absolute Gasteiger partial charge is 0.253 e. The van der Waals surface area contributed by atoms with Crippen LogP contribution in [-0.2, 0) is 0 Å². The van der Waals surface area contributed by atoms with Crippen molar-refractivity contribution in [2.45, 2.75) is 44.7 Å². The van der Waals surface area contributed by atoms with E-state index in [1.807, 2.05) is 41.9 Å². The highest BCUT2D eigenvalue weighted by atomic mass is 19.1. The number of fused-ring (bicyclic) bond motifs is 1. The van der Waals surface area contributed by atoms with Crippen LogP contribution < -0.4 is 10.5 Å². The fourth-order valence-corrected chi connectivity index (χ4v) is 5.71. The SMILES string of the molecule is Cc1ccc2cc([C@@H](c3nnnn3C3CCCC3)N3CCN(c4ccc(F)cc4)CC3)c(=O)[nH]c2c1. The van der Waals surface area contributed by atoms with Crippen molar-refractivity contribution < 1.29 is 4.39 Å². The van der Waals surface area contributed by atoms with Gasteiger partial charge in [0.1, 0.15) is 11.9 Å². The van der Waals surface area contributed by atoms with Gasteiger partial charge in [-0.15, -0.1) is 5.10 Å². The highest BCUT2D eigenvalue weighted by Gasteiger charge is 2.34. The molecule has 1 atom stereocenters. The number of aromatic amines is 1. The molecule has 0 spiro atoms. The second kappa shape index (κ2) is 9.46. The number of H-pyrrole nitrogens is 1. The van der Waals surface area contributed by atoms with Gasteiger partial charge in [0.15, 0.2) is 5.82 Å². The first kappa shape index (κ1) is 22.8. The Labute approximate surface area is 208 Å². The summed E-state index contributed by atoms with van der Waals surface area (Å²) < 4.78 is 15.4. The van der Waals surface area contributed by atoms with Gasteiger partial charge in [-0.2, -0.15) is 0 Å². The van der Waals surface area contributed by atoms with E-state index in [1.165, 1.54) is 25.0 Å². The first-order valence-electron chi connectivity index (χ1n) is 12.7. The molecule has 0 amide bonds. The lowest BCUT2D eigenvalue weighted by molar-refractivity contribution is 0.197. The van der Waals surface area contributed by atoms with Crippen molar-refractivity contribution >= 4 is 16.6 Å². The zero-order chi connectivity index (χ0) is 24.6. The summed E-state index contributed by atoms with van der Waals surface area (Å²) in [6, 6.07) is 14.6. The van der Waals surface area contributed by atoms with Crippen LogP contribution in [0, 0.1) is 12.7 Å². The van der Waals surface area contributed by atoms with Crippen molar-refractivity contribution in [3.05, 3.63) is 81.7 Å². The van der Waals surface area contributed by atoms with Gasteiger partial charge in [-0.1, -0.05) is 25.0 Å². The molecule has 36 heavy (non-hydrogen) atoms. The first-order valence-corrected chi connectivity index (χ1v) is 12.7. The minimum absolute atomic E-state index is 0.111. The Bertz CT molecular complexity index is 1420. The summed E-state index contributed by atoms with van der Waals surface area (Å²) in [5.74, 6) is 0.496. The average molecular weight is 488 g/mol. The van der Waals surface area contributed by atoms with E-state index in [-0.39, 0.29) is 23.5 Å². The van der Waals surface area contributed by atoms with E-state index in [4.69, 9.17) is 0 Å². The molecule has 1 N–H and O–H groups in total. The van der Waals surface area contributed by atoms with Gasteiger partial charge in [-0.3, -0.25) is 9.69 Å². The molecule has 0 radical (unpaired) electrons. The maximum Gasteiger partial charge on any atom is 0.253 e. The number of tetrazole rings is 1. The molecule has 186 valence electrons. The van der Waals surface area contributed by atoms with Gasteiger partial charge in [0, 0.05) is 42.9 Å². The number of aryl methyl sites for hydroxylation is 1. The van der Waals surface area contributed by atoms with Gasteiger partial charge in [0.05, 0.1) is 6.04 Å². The molecule has 6 rings (SSSR count). The minimum Gasteiger partial charge on any atom is -0.369 e. The number of hydrogen-bond acceptors (Lipinski definition) is 6. The number of anilines is 1. The van der Waals surface area contributed by atoms with Gasteiger partial charge in [0.25, 0.3) is 5.56 Å². The second-order valence-corrected chi connectivity index (χ2v) is 9.97. The highest BCUT2D eigenvalue weighted by molar-refractivity contribution is 5.79. The minimum atomic E-state index is -0.356. The summed E-state index contributed by atoms with van der Waals surface area (Å²) in [7, 11) is 0. The molecule has 2 aliphatic rings. The predicted molar refractivity (Wildman–Crippen MR) is 137 cm³/mol. The molecule has 2 aromatic heterocycles. The van der Waals surface area contributed by atoms with Crippen LogP contribution in [0.3, 0.4) is 0 Å². The Hall–Kier alpha value is -3.59. The van der Waals surface area contributed by atoms with E-state index in [9.17, 15) is 9.18 Å². The molecule has 4 aromatic rings. The number of benzene rings is 2. The molecule has 0 bridgehead atoms. The molecular weight excluding hydrogens is 457 g/mol. The number of piperazine rings is 1. The Balaban J connectivity index is 1.38. The molecule has 1 saturated carbocycles. The monoisotopic (exact) mass is 487 g/mol. The number of halogens is 1.